The topological polar surface area (TPSA) is 42.9 Å². The first kappa shape index (κ1) is 14.4. The number of ketones is 1. The maximum atomic E-state index is 12.6. The second kappa shape index (κ2) is 5.95. The van der Waals surface area contributed by atoms with Crippen molar-refractivity contribution in [2.75, 3.05) is 0 Å². The number of carbonyl (C=O) groups excluding carboxylic acids is 1. The summed E-state index contributed by atoms with van der Waals surface area (Å²) in [5.41, 5.74) is 3.86. The Morgan fingerprint density at radius 1 is 0.850 bits per heavy atom. The first-order valence-electron chi connectivity index (χ1n) is 6.88. The minimum atomic E-state index is -0.153. The molecule has 0 aliphatic heterocycles. The van der Waals surface area contributed by atoms with Gasteiger partial charge in [-0.25, -0.2) is 0 Å². The van der Waals surface area contributed by atoms with Gasteiger partial charge in [-0.15, -0.1) is 0 Å². The lowest BCUT2D eigenvalue weighted by molar-refractivity contribution is -0.121. The van der Waals surface area contributed by atoms with Crippen LogP contribution in [-0.2, 0) is 4.79 Å². The van der Waals surface area contributed by atoms with Gasteiger partial charge in [0.15, 0.2) is 0 Å². The molecule has 20 heavy (non-hydrogen) atoms. The van der Waals surface area contributed by atoms with E-state index in [0.29, 0.717) is 0 Å². The van der Waals surface area contributed by atoms with Crippen LogP contribution in [0.4, 0.5) is 0 Å². The van der Waals surface area contributed by atoms with Crippen molar-refractivity contribution < 1.29 is 4.79 Å². The summed E-state index contributed by atoms with van der Waals surface area (Å²) in [7, 11) is 0. The van der Waals surface area contributed by atoms with E-state index < -0.39 is 0 Å². The van der Waals surface area contributed by atoms with E-state index in [9.17, 15) is 4.79 Å². The summed E-state index contributed by atoms with van der Waals surface area (Å²) >= 11 is 0. The Morgan fingerprint density at radius 2 is 1.25 bits per heavy atom. The number of aryl methyl sites for hydroxylation is 2. The Labute approximate surface area is 120 Å². The van der Waals surface area contributed by atoms with Gasteiger partial charge >= 0.3 is 0 Å². The summed E-state index contributed by atoms with van der Waals surface area (Å²) < 4.78 is 0. The standard InChI is InChI=1S/C17H20N2O/c1-11-5-7-15(9-18-11)13(3)17(20)14(4)16-8-6-12(2)19-10-16/h5-10,13-14H,1-4H3. The quantitative estimate of drug-likeness (QED) is 0.851. The first-order valence-corrected chi connectivity index (χ1v) is 6.88. The summed E-state index contributed by atoms with van der Waals surface area (Å²) in [6, 6.07) is 7.84. The lowest BCUT2D eigenvalue weighted by Crippen LogP contribution is -2.17. The molecule has 0 N–H and O–H groups in total. The highest BCUT2D eigenvalue weighted by Crippen LogP contribution is 2.25. The summed E-state index contributed by atoms with van der Waals surface area (Å²) in [6.07, 6.45) is 3.58. The van der Waals surface area contributed by atoms with E-state index in [2.05, 4.69) is 9.97 Å². The molecule has 104 valence electrons. The van der Waals surface area contributed by atoms with Crippen LogP contribution in [0.25, 0.3) is 0 Å². The molecule has 2 aromatic rings. The highest BCUT2D eigenvalue weighted by atomic mass is 16.1. The van der Waals surface area contributed by atoms with Crippen molar-refractivity contribution in [3.63, 3.8) is 0 Å². The Kier molecular flexibility index (Phi) is 4.28. The number of carbonyl (C=O) groups is 1. The third-order valence-corrected chi connectivity index (χ3v) is 3.72. The molecule has 2 rings (SSSR count). The van der Waals surface area contributed by atoms with Gasteiger partial charge in [0.25, 0.3) is 0 Å². The molecule has 0 aliphatic rings. The van der Waals surface area contributed by atoms with Gasteiger partial charge < -0.3 is 0 Å². The molecule has 0 saturated heterocycles. The van der Waals surface area contributed by atoms with Crippen molar-refractivity contribution in [2.45, 2.75) is 39.5 Å². The van der Waals surface area contributed by atoms with Crippen LogP contribution >= 0.6 is 0 Å². The summed E-state index contributed by atoms with van der Waals surface area (Å²) in [5.74, 6) is -0.111. The Balaban J connectivity index is 2.17. The van der Waals surface area contributed by atoms with Crippen molar-refractivity contribution in [1.29, 1.82) is 0 Å². The second-order valence-corrected chi connectivity index (χ2v) is 5.31. The van der Waals surface area contributed by atoms with E-state index >= 15 is 0 Å². The molecule has 3 nitrogen and oxygen atoms in total. The van der Waals surface area contributed by atoms with Gasteiger partial charge in [0.1, 0.15) is 5.78 Å². The van der Waals surface area contributed by atoms with Crippen molar-refractivity contribution in [1.82, 2.24) is 9.97 Å². The van der Waals surface area contributed by atoms with Gasteiger partial charge in [-0.05, 0) is 37.1 Å². The van der Waals surface area contributed by atoms with Gasteiger partial charge in [0.2, 0.25) is 0 Å². The summed E-state index contributed by atoms with van der Waals surface area (Å²) in [4.78, 5) is 21.1. The van der Waals surface area contributed by atoms with E-state index in [1.807, 2.05) is 52.0 Å². The van der Waals surface area contributed by atoms with Crippen LogP contribution in [0.1, 0.15) is 48.2 Å². The highest BCUT2D eigenvalue weighted by Gasteiger charge is 2.23. The lowest BCUT2D eigenvalue weighted by atomic mass is 9.87. The fourth-order valence-electron chi connectivity index (χ4n) is 2.17. The van der Waals surface area contributed by atoms with Crippen LogP contribution < -0.4 is 0 Å². The molecule has 3 heteroatoms. The largest absolute Gasteiger partial charge is 0.298 e. The van der Waals surface area contributed by atoms with Gasteiger partial charge in [-0.2, -0.15) is 0 Å². The van der Waals surface area contributed by atoms with Crippen LogP contribution in [-0.4, -0.2) is 15.8 Å². The smallest absolute Gasteiger partial charge is 0.147 e. The van der Waals surface area contributed by atoms with Crippen LogP contribution in [0.15, 0.2) is 36.7 Å². The summed E-state index contributed by atoms with van der Waals surface area (Å²) in [5, 5.41) is 0. The first-order chi connectivity index (χ1) is 9.49. The van der Waals surface area contributed by atoms with E-state index in [-0.39, 0.29) is 17.6 Å². The molecule has 0 aliphatic carbocycles. The zero-order valence-corrected chi connectivity index (χ0v) is 12.4. The molecule has 0 amide bonds. The fraction of sp³-hybridized carbons (Fsp3) is 0.353. The predicted octanol–water partition coefficient (Wildman–Crippen LogP) is 3.57. The average molecular weight is 268 g/mol. The van der Waals surface area contributed by atoms with Crippen molar-refractivity contribution >= 4 is 5.78 Å². The monoisotopic (exact) mass is 268 g/mol. The van der Waals surface area contributed by atoms with Crippen LogP contribution in [0, 0.1) is 13.8 Å². The van der Waals surface area contributed by atoms with Gasteiger partial charge in [-0.3, -0.25) is 14.8 Å². The predicted molar refractivity (Wildman–Crippen MR) is 79.8 cm³/mol. The third kappa shape index (κ3) is 3.10. The molecule has 0 spiro atoms. The van der Waals surface area contributed by atoms with Crippen LogP contribution in [0.3, 0.4) is 0 Å². The van der Waals surface area contributed by atoms with Gasteiger partial charge in [0, 0.05) is 35.6 Å². The molecule has 2 aromatic heterocycles. The number of hydrogen-bond acceptors (Lipinski definition) is 3. The van der Waals surface area contributed by atoms with Crippen molar-refractivity contribution in [2.24, 2.45) is 0 Å². The minimum absolute atomic E-state index is 0.153. The molecule has 2 heterocycles. The maximum Gasteiger partial charge on any atom is 0.147 e. The van der Waals surface area contributed by atoms with E-state index in [1.54, 1.807) is 12.4 Å². The minimum Gasteiger partial charge on any atom is -0.298 e. The molecular weight excluding hydrogens is 248 g/mol. The van der Waals surface area contributed by atoms with Gasteiger partial charge in [0.05, 0.1) is 0 Å². The number of rotatable bonds is 4. The molecule has 2 unspecified atom stereocenters. The number of hydrogen-bond donors (Lipinski definition) is 0. The highest BCUT2D eigenvalue weighted by molar-refractivity contribution is 5.90. The van der Waals surface area contributed by atoms with Gasteiger partial charge in [-0.1, -0.05) is 26.0 Å². The molecule has 2 atom stereocenters. The number of nitrogens with zero attached hydrogens (tertiary/aromatic N) is 2. The maximum absolute atomic E-state index is 12.6. The fourth-order valence-corrected chi connectivity index (χ4v) is 2.17. The molecular formula is C17H20N2O. The number of Topliss-reactive ketones (excluding diaryl/α,β-unsaturated/α-hetero) is 1. The van der Waals surface area contributed by atoms with E-state index in [0.717, 1.165) is 22.5 Å². The molecule has 0 saturated carbocycles. The Bertz CT molecular complexity index is 534. The third-order valence-electron chi connectivity index (χ3n) is 3.72. The van der Waals surface area contributed by atoms with E-state index in [1.165, 1.54) is 0 Å². The van der Waals surface area contributed by atoms with Crippen LogP contribution in [0.5, 0.6) is 0 Å². The summed E-state index contributed by atoms with van der Waals surface area (Å²) in [6.45, 7) is 7.76. The molecule has 0 fully saturated rings. The number of pyridine rings is 2. The number of aromatic nitrogens is 2. The molecule has 0 radical (unpaired) electrons. The lowest BCUT2D eigenvalue weighted by Gasteiger charge is -2.16. The van der Waals surface area contributed by atoms with Crippen LogP contribution in [0.2, 0.25) is 0 Å². The SMILES string of the molecule is Cc1ccc(C(C)C(=O)C(C)c2ccc(C)nc2)cn1. The van der Waals surface area contributed by atoms with Crippen molar-refractivity contribution in [3.8, 4) is 0 Å². The zero-order valence-electron chi connectivity index (χ0n) is 12.4. The Hall–Kier alpha value is -2.03. The van der Waals surface area contributed by atoms with Crippen molar-refractivity contribution in [3.05, 3.63) is 59.2 Å². The van der Waals surface area contributed by atoms with E-state index in [4.69, 9.17) is 0 Å². The molecule has 0 aromatic carbocycles. The molecule has 0 bridgehead atoms. The Morgan fingerprint density at radius 3 is 1.55 bits per heavy atom. The average Bonchev–Trinajstić information content (AvgIpc) is 2.46. The normalized spacial score (nSPS) is 13.8. The zero-order chi connectivity index (χ0) is 14.7. The second-order valence-electron chi connectivity index (χ2n) is 5.31.